The number of fused-ring (bicyclic) bond motifs is 2. The van der Waals surface area contributed by atoms with Crippen LogP contribution < -0.4 is 4.74 Å². The van der Waals surface area contributed by atoms with Crippen LogP contribution in [-0.4, -0.2) is 7.11 Å². The second-order valence-electron chi connectivity index (χ2n) is 4.19. The Kier molecular flexibility index (Phi) is 1.91. The maximum Gasteiger partial charge on any atom is 0.122 e. The van der Waals surface area contributed by atoms with Crippen LogP contribution in [0.5, 0.6) is 5.75 Å². The van der Waals surface area contributed by atoms with Gasteiger partial charge < -0.3 is 4.74 Å². The smallest absolute Gasteiger partial charge is 0.122 e. The molecule has 1 heteroatoms. The van der Waals surface area contributed by atoms with Gasteiger partial charge >= 0.3 is 0 Å². The Labute approximate surface area is 90.1 Å². The lowest BCUT2D eigenvalue weighted by atomic mass is 9.87. The van der Waals surface area contributed by atoms with Crippen molar-refractivity contribution >= 4 is 0 Å². The van der Waals surface area contributed by atoms with E-state index in [9.17, 15) is 0 Å². The Balaban J connectivity index is 2.01. The van der Waals surface area contributed by atoms with Crippen molar-refractivity contribution in [1.82, 2.24) is 0 Å². The van der Waals surface area contributed by atoms with Gasteiger partial charge in [0.1, 0.15) is 5.75 Å². The van der Waals surface area contributed by atoms with Crippen molar-refractivity contribution in [2.24, 2.45) is 11.8 Å². The largest absolute Gasteiger partial charge is 0.496 e. The molecule has 0 atom stereocenters. The summed E-state index contributed by atoms with van der Waals surface area (Å²) in [6.45, 7) is 0. The molecule has 2 aliphatic rings. The number of ether oxygens (including phenoxy) is 1. The molecule has 15 heavy (non-hydrogen) atoms. The van der Waals surface area contributed by atoms with Gasteiger partial charge in [0.05, 0.1) is 7.11 Å². The van der Waals surface area contributed by atoms with Gasteiger partial charge in [-0.1, -0.05) is 42.5 Å². The molecule has 0 aromatic heterocycles. The maximum absolute atomic E-state index is 5.43. The van der Waals surface area contributed by atoms with Crippen molar-refractivity contribution in [2.45, 2.75) is 5.92 Å². The molecule has 0 fully saturated rings. The minimum absolute atomic E-state index is 0.571. The number of para-hydroxylation sites is 1. The predicted molar refractivity (Wildman–Crippen MR) is 61.0 cm³/mol. The fourth-order valence-electron chi connectivity index (χ4n) is 2.73. The SMILES string of the molecule is COc1ccccc1C1C2C=CC1C=C2. The highest BCUT2D eigenvalue weighted by Crippen LogP contribution is 2.48. The van der Waals surface area contributed by atoms with Crippen molar-refractivity contribution in [3.8, 4) is 5.75 Å². The molecular formula is C14H14O. The van der Waals surface area contributed by atoms with Crippen LogP contribution in [0.1, 0.15) is 11.5 Å². The minimum Gasteiger partial charge on any atom is -0.496 e. The summed E-state index contributed by atoms with van der Waals surface area (Å²) in [5.41, 5.74) is 1.34. The molecule has 0 amide bonds. The second kappa shape index (κ2) is 3.27. The molecule has 76 valence electrons. The number of hydrogen-bond acceptors (Lipinski definition) is 1. The number of methoxy groups -OCH3 is 1. The normalized spacial score (nSPS) is 31.1. The van der Waals surface area contributed by atoms with E-state index in [4.69, 9.17) is 4.74 Å². The van der Waals surface area contributed by atoms with Gasteiger partial charge in [-0.25, -0.2) is 0 Å². The molecule has 0 spiro atoms. The molecule has 0 heterocycles. The first-order chi connectivity index (χ1) is 7.40. The van der Waals surface area contributed by atoms with Crippen molar-refractivity contribution in [3.05, 3.63) is 54.1 Å². The summed E-state index contributed by atoms with van der Waals surface area (Å²) in [6, 6.07) is 8.35. The molecule has 0 aliphatic heterocycles. The summed E-state index contributed by atoms with van der Waals surface area (Å²) in [5.74, 6) is 2.74. The Bertz CT molecular complexity index is 401. The predicted octanol–water partition coefficient (Wildman–Crippen LogP) is 3.15. The van der Waals surface area contributed by atoms with Crippen LogP contribution in [0.2, 0.25) is 0 Å². The Morgan fingerprint density at radius 3 is 2.13 bits per heavy atom. The molecule has 0 N–H and O–H groups in total. The van der Waals surface area contributed by atoms with E-state index in [1.807, 2.05) is 12.1 Å². The fraction of sp³-hybridized carbons (Fsp3) is 0.286. The molecule has 3 rings (SSSR count). The van der Waals surface area contributed by atoms with Gasteiger partial charge in [0.15, 0.2) is 0 Å². The molecule has 2 bridgehead atoms. The third kappa shape index (κ3) is 1.23. The Hall–Kier alpha value is -1.50. The van der Waals surface area contributed by atoms with Crippen LogP contribution in [0.4, 0.5) is 0 Å². The summed E-state index contributed by atoms with van der Waals surface area (Å²) in [7, 11) is 1.75. The molecule has 1 aromatic rings. The lowest BCUT2D eigenvalue weighted by Crippen LogP contribution is -2.07. The van der Waals surface area contributed by atoms with Gasteiger partial charge in [-0.3, -0.25) is 0 Å². The molecular weight excluding hydrogens is 184 g/mol. The van der Waals surface area contributed by atoms with Crippen LogP contribution in [0, 0.1) is 11.8 Å². The molecule has 0 unspecified atom stereocenters. The number of hydrogen-bond donors (Lipinski definition) is 0. The van der Waals surface area contributed by atoms with Crippen LogP contribution in [0.3, 0.4) is 0 Å². The van der Waals surface area contributed by atoms with Crippen molar-refractivity contribution < 1.29 is 4.74 Å². The first kappa shape index (κ1) is 8.78. The molecule has 2 aliphatic carbocycles. The van der Waals surface area contributed by atoms with Gasteiger partial charge in [0.2, 0.25) is 0 Å². The summed E-state index contributed by atoms with van der Waals surface area (Å²) < 4.78 is 5.43. The van der Waals surface area contributed by atoms with Gasteiger partial charge in [0, 0.05) is 17.8 Å². The van der Waals surface area contributed by atoms with Gasteiger partial charge in [-0.15, -0.1) is 0 Å². The highest BCUT2D eigenvalue weighted by molar-refractivity contribution is 5.44. The topological polar surface area (TPSA) is 9.23 Å². The van der Waals surface area contributed by atoms with Crippen molar-refractivity contribution in [1.29, 1.82) is 0 Å². The number of rotatable bonds is 2. The summed E-state index contributed by atoms with van der Waals surface area (Å²) in [6.07, 6.45) is 9.23. The van der Waals surface area contributed by atoms with Crippen molar-refractivity contribution in [2.75, 3.05) is 7.11 Å². The monoisotopic (exact) mass is 198 g/mol. The number of benzene rings is 1. The summed E-state index contributed by atoms with van der Waals surface area (Å²) in [4.78, 5) is 0. The van der Waals surface area contributed by atoms with E-state index in [1.54, 1.807) is 7.11 Å². The highest BCUT2D eigenvalue weighted by Gasteiger charge is 2.35. The summed E-state index contributed by atoms with van der Waals surface area (Å²) in [5, 5.41) is 0. The lowest BCUT2D eigenvalue weighted by Gasteiger charge is -2.19. The Morgan fingerprint density at radius 1 is 0.933 bits per heavy atom. The fourth-order valence-corrected chi connectivity index (χ4v) is 2.73. The standard InChI is InChI=1S/C14H14O/c1-15-13-5-3-2-4-12(13)14-10-6-7-11(14)9-8-10/h2-11,14H,1H3. The molecule has 1 nitrogen and oxygen atoms in total. The van der Waals surface area contributed by atoms with Crippen LogP contribution in [-0.2, 0) is 0 Å². The second-order valence-corrected chi connectivity index (χ2v) is 4.19. The summed E-state index contributed by atoms with van der Waals surface area (Å²) >= 11 is 0. The molecule has 0 saturated heterocycles. The average Bonchev–Trinajstić information content (AvgIpc) is 2.88. The first-order valence-corrected chi connectivity index (χ1v) is 5.40. The van der Waals surface area contributed by atoms with E-state index in [-0.39, 0.29) is 0 Å². The van der Waals surface area contributed by atoms with E-state index >= 15 is 0 Å². The third-order valence-electron chi connectivity index (χ3n) is 3.44. The van der Waals surface area contributed by atoms with Crippen LogP contribution in [0.15, 0.2) is 48.6 Å². The Morgan fingerprint density at radius 2 is 1.53 bits per heavy atom. The number of allylic oxidation sites excluding steroid dienone is 4. The van der Waals surface area contributed by atoms with E-state index < -0.39 is 0 Å². The van der Waals surface area contributed by atoms with Gasteiger partial charge in [-0.2, -0.15) is 0 Å². The van der Waals surface area contributed by atoms with Crippen LogP contribution >= 0.6 is 0 Å². The molecule has 0 saturated carbocycles. The quantitative estimate of drug-likeness (QED) is 0.663. The third-order valence-corrected chi connectivity index (χ3v) is 3.44. The lowest BCUT2D eigenvalue weighted by molar-refractivity contribution is 0.401. The van der Waals surface area contributed by atoms with E-state index in [2.05, 4.69) is 36.4 Å². The van der Waals surface area contributed by atoms with Gasteiger partial charge in [0.25, 0.3) is 0 Å². The van der Waals surface area contributed by atoms with E-state index in [0.29, 0.717) is 17.8 Å². The zero-order valence-electron chi connectivity index (χ0n) is 8.76. The molecule has 0 radical (unpaired) electrons. The average molecular weight is 198 g/mol. The van der Waals surface area contributed by atoms with Gasteiger partial charge in [-0.05, 0) is 11.6 Å². The van der Waals surface area contributed by atoms with E-state index in [1.165, 1.54) is 5.56 Å². The highest BCUT2D eigenvalue weighted by atomic mass is 16.5. The zero-order chi connectivity index (χ0) is 10.3. The minimum atomic E-state index is 0.571. The maximum atomic E-state index is 5.43. The molecule has 1 aromatic carbocycles. The zero-order valence-corrected chi connectivity index (χ0v) is 8.76. The first-order valence-electron chi connectivity index (χ1n) is 5.40. The van der Waals surface area contributed by atoms with Crippen LogP contribution in [0.25, 0.3) is 0 Å². The van der Waals surface area contributed by atoms with E-state index in [0.717, 1.165) is 5.75 Å². The van der Waals surface area contributed by atoms with Crippen molar-refractivity contribution in [3.63, 3.8) is 0 Å².